The summed E-state index contributed by atoms with van der Waals surface area (Å²) in [7, 11) is 2.96. The fourth-order valence-electron chi connectivity index (χ4n) is 2.15. The van der Waals surface area contributed by atoms with Crippen LogP contribution in [-0.4, -0.2) is 35.5 Å². The average Bonchev–Trinajstić information content (AvgIpc) is 2.53. The average molecular weight is 391 g/mol. The van der Waals surface area contributed by atoms with Gasteiger partial charge in [-0.2, -0.15) is 13.2 Å². The number of thioether (sulfide) groups is 1. The maximum Gasteiger partial charge on any atom is 0.447 e. The van der Waals surface area contributed by atoms with Gasteiger partial charge in [0.1, 0.15) is 10.8 Å². The molecule has 0 atom stereocenters. The molecule has 1 amide bonds. The minimum atomic E-state index is -4.53. The Kier molecular flexibility index (Phi) is 6.18. The summed E-state index contributed by atoms with van der Waals surface area (Å²) in [5.41, 5.74) is -4.01. The molecule has 0 N–H and O–H groups in total. The van der Waals surface area contributed by atoms with Crippen molar-refractivity contribution in [2.24, 2.45) is 0 Å². The normalized spacial score (nSPS) is 11.3. The van der Waals surface area contributed by atoms with E-state index in [1.807, 2.05) is 0 Å². The number of halogens is 4. The molecule has 9 heteroatoms. The van der Waals surface area contributed by atoms with Crippen molar-refractivity contribution in [2.45, 2.75) is 17.1 Å². The van der Waals surface area contributed by atoms with Gasteiger partial charge in [0.05, 0.1) is 12.7 Å². The number of carbonyl (C=O) groups excluding carboxylic acids is 1. The number of amides is 1. The summed E-state index contributed by atoms with van der Waals surface area (Å²) < 4.78 is 43.1. The van der Waals surface area contributed by atoms with Gasteiger partial charge < -0.3 is 9.64 Å². The molecule has 25 heavy (non-hydrogen) atoms. The summed E-state index contributed by atoms with van der Waals surface area (Å²) in [5, 5.41) is 0.0799. The molecule has 0 saturated carbocycles. The van der Waals surface area contributed by atoms with Crippen molar-refractivity contribution in [2.75, 3.05) is 14.2 Å². The van der Waals surface area contributed by atoms with Crippen molar-refractivity contribution in [3.05, 3.63) is 52.7 Å². The molecule has 0 fully saturated rings. The number of nitrogens with zero attached hydrogens (tertiary/aromatic N) is 2. The molecule has 0 aliphatic rings. The van der Waals surface area contributed by atoms with Crippen LogP contribution in [0.25, 0.3) is 0 Å². The van der Waals surface area contributed by atoms with E-state index in [9.17, 15) is 18.0 Å². The first-order chi connectivity index (χ1) is 11.7. The van der Waals surface area contributed by atoms with Crippen molar-refractivity contribution >= 4 is 29.3 Å². The number of methoxy groups -OCH3 is 1. The Hall–Kier alpha value is -1.93. The minimum Gasteiger partial charge on any atom is -0.496 e. The lowest BCUT2D eigenvalue weighted by Crippen LogP contribution is -2.27. The zero-order valence-corrected chi connectivity index (χ0v) is 14.9. The van der Waals surface area contributed by atoms with Crippen LogP contribution in [-0.2, 0) is 6.54 Å². The van der Waals surface area contributed by atoms with Crippen LogP contribution in [0.15, 0.2) is 41.6 Å². The van der Waals surface area contributed by atoms with E-state index in [2.05, 4.69) is 4.98 Å². The Morgan fingerprint density at radius 2 is 2.08 bits per heavy atom. The molecule has 1 heterocycles. The second-order valence-corrected chi connectivity index (χ2v) is 6.51. The molecular formula is C16H14ClF3N2O2S. The lowest BCUT2D eigenvalue weighted by atomic mass is 10.1. The van der Waals surface area contributed by atoms with E-state index in [-0.39, 0.29) is 17.1 Å². The zero-order valence-electron chi connectivity index (χ0n) is 13.3. The van der Waals surface area contributed by atoms with E-state index >= 15 is 0 Å². The van der Waals surface area contributed by atoms with Crippen molar-refractivity contribution in [1.82, 2.24) is 9.88 Å². The minimum absolute atomic E-state index is 0.117. The highest BCUT2D eigenvalue weighted by Crippen LogP contribution is 2.37. The van der Waals surface area contributed by atoms with Crippen LogP contribution in [0.1, 0.15) is 15.9 Å². The van der Waals surface area contributed by atoms with Gasteiger partial charge in [-0.15, -0.1) is 0 Å². The van der Waals surface area contributed by atoms with Crippen LogP contribution >= 0.6 is 23.4 Å². The van der Waals surface area contributed by atoms with Gasteiger partial charge in [0, 0.05) is 42.1 Å². The van der Waals surface area contributed by atoms with Crippen LogP contribution in [0.3, 0.4) is 0 Å². The number of benzene rings is 1. The molecule has 1 aromatic heterocycles. The number of pyridine rings is 1. The molecular weight excluding hydrogens is 377 g/mol. The van der Waals surface area contributed by atoms with Crippen molar-refractivity contribution in [1.29, 1.82) is 0 Å². The smallest absolute Gasteiger partial charge is 0.447 e. The van der Waals surface area contributed by atoms with Crippen LogP contribution in [0.4, 0.5) is 13.2 Å². The summed E-state index contributed by atoms with van der Waals surface area (Å²) in [4.78, 5) is 17.5. The summed E-state index contributed by atoms with van der Waals surface area (Å²) >= 11 is 5.54. The number of alkyl halides is 3. The molecule has 0 radical (unpaired) electrons. The van der Waals surface area contributed by atoms with Crippen molar-refractivity contribution in [3.63, 3.8) is 0 Å². The molecule has 1 aromatic carbocycles. The van der Waals surface area contributed by atoms with Gasteiger partial charge in [-0.25, -0.2) is 4.98 Å². The first-order valence-corrected chi connectivity index (χ1v) is 8.19. The molecule has 134 valence electrons. The Bertz CT molecular complexity index is 771. The van der Waals surface area contributed by atoms with Crippen LogP contribution in [0.2, 0.25) is 5.02 Å². The molecule has 0 aliphatic carbocycles. The quantitative estimate of drug-likeness (QED) is 0.698. The Morgan fingerprint density at radius 3 is 2.72 bits per heavy atom. The van der Waals surface area contributed by atoms with Gasteiger partial charge in [-0.3, -0.25) is 4.79 Å². The lowest BCUT2D eigenvalue weighted by molar-refractivity contribution is -0.0329. The van der Waals surface area contributed by atoms with Crippen LogP contribution in [0, 0.1) is 0 Å². The molecule has 0 unspecified atom stereocenters. The van der Waals surface area contributed by atoms with E-state index in [1.54, 1.807) is 18.2 Å². The fraction of sp³-hybridized carbons (Fsp3) is 0.250. The maximum absolute atomic E-state index is 12.6. The molecule has 0 aliphatic heterocycles. The Morgan fingerprint density at radius 1 is 1.36 bits per heavy atom. The standard InChI is InChI=1S/C16H14ClF3N2O2S/c1-22(9-10-8-11(17)5-6-13(10)24-2)15(23)12-4-3-7-21-14(12)25-16(18,19)20/h3-8H,9H2,1-2H3. The first-order valence-electron chi connectivity index (χ1n) is 7.00. The predicted octanol–water partition coefficient (Wildman–Crippen LogP) is 4.63. The summed E-state index contributed by atoms with van der Waals surface area (Å²) in [6.07, 6.45) is 1.21. The fourth-order valence-corrected chi connectivity index (χ4v) is 2.94. The lowest BCUT2D eigenvalue weighted by Gasteiger charge is -2.20. The van der Waals surface area contributed by atoms with Gasteiger partial charge in [-0.05, 0) is 30.3 Å². The van der Waals surface area contributed by atoms with E-state index in [4.69, 9.17) is 16.3 Å². The largest absolute Gasteiger partial charge is 0.496 e. The van der Waals surface area contributed by atoms with Crippen molar-refractivity contribution < 1.29 is 22.7 Å². The van der Waals surface area contributed by atoms with Crippen LogP contribution < -0.4 is 4.74 Å². The first kappa shape index (κ1) is 19.4. The topological polar surface area (TPSA) is 42.4 Å². The highest BCUT2D eigenvalue weighted by Gasteiger charge is 2.32. The number of hydrogen-bond acceptors (Lipinski definition) is 4. The monoisotopic (exact) mass is 390 g/mol. The van der Waals surface area contributed by atoms with Gasteiger partial charge in [0.15, 0.2) is 0 Å². The summed E-state index contributed by atoms with van der Waals surface area (Å²) in [5.74, 6) is -0.0537. The summed E-state index contributed by atoms with van der Waals surface area (Å²) in [6.45, 7) is 0.119. The van der Waals surface area contributed by atoms with Crippen LogP contribution in [0.5, 0.6) is 5.75 Å². The predicted molar refractivity (Wildman–Crippen MR) is 90.0 cm³/mol. The Labute approximate surface area is 151 Å². The Balaban J connectivity index is 2.25. The van der Waals surface area contributed by atoms with Gasteiger partial charge >= 0.3 is 5.51 Å². The van der Waals surface area contributed by atoms with Gasteiger partial charge in [0.25, 0.3) is 5.91 Å². The second kappa shape index (κ2) is 7.97. The van der Waals surface area contributed by atoms with Crippen molar-refractivity contribution in [3.8, 4) is 5.75 Å². The van der Waals surface area contributed by atoms with E-state index in [0.29, 0.717) is 16.3 Å². The molecule has 4 nitrogen and oxygen atoms in total. The third-order valence-electron chi connectivity index (χ3n) is 3.21. The number of rotatable bonds is 5. The SMILES string of the molecule is COc1ccc(Cl)cc1CN(C)C(=O)c1cccnc1SC(F)(F)F. The molecule has 0 bridgehead atoms. The highest BCUT2D eigenvalue weighted by molar-refractivity contribution is 8.00. The third-order valence-corrected chi connectivity index (χ3v) is 4.20. The number of carbonyl (C=O) groups is 1. The van der Waals surface area contributed by atoms with E-state index < -0.39 is 23.2 Å². The van der Waals surface area contributed by atoms with E-state index in [1.165, 1.54) is 37.4 Å². The third kappa shape index (κ3) is 5.27. The highest BCUT2D eigenvalue weighted by atomic mass is 35.5. The molecule has 2 rings (SSSR count). The second-order valence-electron chi connectivity index (χ2n) is 5.02. The number of aromatic nitrogens is 1. The maximum atomic E-state index is 12.6. The number of ether oxygens (including phenoxy) is 1. The van der Waals surface area contributed by atoms with Gasteiger partial charge in [0.2, 0.25) is 0 Å². The van der Waals surface area contributed by atoms with E-state index in [0.717, 1.165) is 0 Å². The number of hydrogen-bond donors (Lipinski definition) is 0. The summed E-state index contributed by atoms with van der Waals surface area (Å²) in [6, 6.07) is 7.67. The molecule has 0 spiro atoms. The molecule has 2 aromatic rings. The zero-order chi connectivity index (χ0) is 18.6. The molecule has 0 saturated heterocycles. The van der Waals surface area contributed by atoms with Gasteiger partial charge in [-0.1, -0.05) is 11.6 Å².